The van der Waals surface area contributed by atoms with E-state index in [9.17, 15) is 0 Å². The predicted octanol–water partition coefficient (Wildman–Crippen LogP) is -1.77. The molecule has 0 amide bonds. The van der Waals surface area contributed by atoms with Crippen molar-refractivity contribution < 1.29 is 34.0 Å². The molecule has 3 N–H and O–H groups in total. The Morgan fingerprint density at radius 2 is 1.15 bits per heavy atom. The van der Waals surface area contributed by atoms with Crippen LogP contribution in [0.15, 0.2) is 0 Å². The molecule has 0 aromatic heterocycles. The highest BCUT2D eigenvalue weighted by molar-refractivity contribution is 4.65. The van der Waals surface area contributed by atoms with Crippen molar-refractivity contribution in [3.05, 3.63) is 0 Å². The van der Waals surface area contributed by atoms with Crippen molar-refractivity contribution in [2.24, 2.45) is 5.84 Å². The van der Waals surface area contributed by atoms with Crippen LogP contribution in [0.4, 0.5) is 0 Å². The van der Waals surface area contributed by atoms with Gasteiger partial charge in [-0.1, -0.05) is 27.2 Å². The first-order chi connectivity index (χ1) is 11.5. The van der Waals surface area contributed by atoms with Crippen LogP contribution in [0, 0.1) is 0 Å². The van der Waals surface area contributed by atoms with E-state index < -0.39 is 0 Å². The molecule has 0 aromatic carbocycles. The first kappa shape index (κ1) is 31.1. The molecule has 0 heterocycles. The molecule has 1 aliphatic rings. The average Bonchev–Trinajstić information content (AvgIpc) is 2.63. The van der Waals surface area contributed by atoms with Crippen LogP contribution in [0.25, 0.3) is 0 Å². The summed E-state index contributed by atoms with van der Waals surface area (Å²) in [5.74, 6) is 6.31. The van der Waals surface area contributed by atoms with Gasteiger partial charge in [-0.25, -0.2) is 9.18 Å². The Morgan fingerprint density at radius 3 is 1.42 bits per heavy atom. The van der Waals surface area contributed by atoms with E-state index >= 15 is 0 Å². The third-order valence-corrected chi connectivity index (χ3v) is 5.91. The Labute approximate surface area is 177 Å². The number of hydrogen-bond acceptors (Lipinski definition) is 2. The lowest BCUT2D eigenvalue weighted by molar-refractivity contribution is -0.967. The quantitative estimate of drug-likeness (QED) is 0.252. The van der Waals surface area contributed by atoms with Crippen LogP contribution in [0.2, 0.25) is 0 Å². The number of hydrogen-bond donors (Lipinski definition) is 2. The lowest BCUT2D eigenvalue weighted by atomic mass is 9.93. The summed E-state index contributed by atoms with van der Waals surface area (Å²) < 4.78 is 1.91. The van der Waals surface area contributed by atoms with Gasteiger partial charge in [0.1, 0.15) is 6.04 Å². The van der Waals surface area contributed by atoms with Crippen LogP contribution in [-0.2, 0) is 0 Å². The van der Waals surface area contributed by atoms with Crippen molar-refractivity contribution in [2.75, 3.05) is 39.8 Å². The first-order valence-corrected chi connectivity index (χ1v) is 10.7. The molecule has 0 aromatic rings. The van der Waals surface area contributed by atoms with Crippen LogP contribution >= 0.6 is 0 Å². The molecule has 1 saturated carbocycles. The van der Waals surface area contributed by atoms with E-state index in [2.05, 4.69) is 47.1 Å². The normalized spacial score (nSPS) is 15.3. The zero-order valence-electron chi connectivity index (χ0n) is 18.5. The molecule has 0 bridgehead atoms. The number of nitrogens with zero attached hydrogens (tertiary/aromatic N) is 2. The maximum Gasteiger partial charge on any atom is 0.106 e. The van der Waals surface area contributed by atoms with E-state index in [1.54, 1.807) is 0 Å². The van der Waals surface area contributed by atoms with E-state index in [1.165, 1.54) is 71.0 Å². The van der Waals surface area contributed by atoms with Gasteiger partial charge in [-0.05, 0) is 46.0 Å². The SMILES string of the molecule is CCC[N+](CCC)(CCC)NC.CC[N+](N)(CC)C1CCCCC1.[Cl-].[Cl-]. The zero-order chi connectivity index (χ0) is 18.5. The van der Waals surface area contributed by atoms with Gasteiger partial charge in [0.15, 0.2) is 0 Å². The van der Waals surface area contributed by atoms with E-state index in [1.807, 2.05) is 0 Å². The second kappa shape index (κ2) is 17.5. The third-order valence-electron chi connectivity index (χ3n) is 5.91. The lowest BCUT2D eigenvalue weighted by Gasteiger charge is -2.40. The summed E-state index contributed by atoms with van der Waals surface area (Å²) in [7, 11) is 2.08. The Morgan fingerprint density at radius 1 is 0.769 bits per heavy atom. The standard InChI is InChI=1S/C10H23N2.C10H25N2.2ClH/c1-3-12(11,4-2)10-8-6-5-7-9-10;1-5-8-12(11-4,9-6-2)10-7-3;;/h10H,3-9,11H2,1-2H3;11H,5-10H2,1-4H3;2*1H/q2*+1;;/p-2. The van der Waals surface area contributed by atoms with Crippen molar-refractivity contribution in [1.82, 2.24) is 5.43 Å². The fourth-order valence-electron chi connectivity index (χ4n) is 4.29. The first-order valence-electron chi connectivity index (χ1n) is 10.7. The predicted molar refractivity (Wildman–Crippen MR) is 107 cm³/mol. The largest absolute Gasteiger partial charge is 1.00 e. The molecule has 0 radical (unpaired) electrons. The molecule has 0 unspecified atom stereocenters. The van der Waals surface area contributed by atoms with Gasteiger partial charge in [-0.3, -0.25) is 0 Å². The van der Waals surface area contributed by atoms with Crippen LogP contribution in [0.3, 0.4) is 0 Å². The topological polar surface area (TPSA) is 38.0 Å². The third kappa shape index (κ3) is 10.7. The summed E-state index contributed by atoms with van der Waals surface area (Å²) >= 11 is 0. The van der Waals surface area contributed by atoms with Gasteiger partial charge >= 0.3 is 0 Å². The molecular weight excluding hydrogens is 367 g/mol. The van der Waals surface area contributed by atoms with Crippen LogP contribution in [0.1, 0.15) is 86.0 Å². The van der Waals surface area contributed by atoms with Crippen LogP contribution < -0.4 is 36.1 Å². The second-order valence-electron chi connectivity index (χ2n) is 7.57. The fourth-order valence-corrected chi connectivity index (χ4v) is 4.29. The monoisotopic (exact) mass is 414 g/mol. The number of quaternary nitrogens is 2. The summed E-state index contributed by atoms with van der Waals surface area (Å²) in [5, 5.41) is 0. The number of nitrogens with two attached hydrogens (primary N) is 1. The lowest BCUT2D eigenvalue weighted by Crippen LogP contribution is -3.00. The summed E-state index contributed by atoms with van der Waals surface area (Å²) in [5.41, 5.74) is 3.46. The Bertz CT molecular complexity index is 277. The minimum Gasteiger partial charge on any atom is -1.00 e. The Kier molecular flexibility index (Phi) is 21.0. The van der Waals surface area contributed by atoms with Crippen LogP contribution in [0.5, 0.6) is 0 Å². The number of halogens is 2. The molecule has 1 fully saturated rings. The van der Waals surface area contributed by atoms with E-state index in [-0.39, 0.29) is 24.8 Å². The Balaban J connectivity index is -0.000000378. The van der Waals surface area contributed by atoms with Crippen molar-refractivity contribution in [3.63, 3.8) is 0 Å². The molecular formula is C20H48Cl2N4. The molecule has 0 spiro atoms. The average molecular weight is 416 g/mol. The molecule has 162 valence electrons. The summed E-state index contributed by atoms with van der Waals surface area (Å²) in [6, 6.07) is 0.744. The highest BCUT2D eigenvalue weighted by Crippen LogP contribution is 2.25. The van der Waals surface area contributed by atoms with Crippen molar-refractivity contribution in [1.29, 1.82) is 0 Å². The smallest absolute Gasteiger partial charge is 0.106 e. The molecule has 1 rings (SSSR count). The maximum absolute atomic E-state index is 6.31. The Hall–Kier alpha value is 0.420. The van der Waals surface area contributed by atoms with Crippen molar-refractivity contribution in [3.8, 4) is 0 Å². The van der Waals surface area contributed by atoms with E-state index in [0.29, 0.717) is 0 Å². The summed E-state index contributed by atoms with van der Waals surface area (Å²) in [4.78, 5) is 0. The van der Waals surface area contributed by atoms with Gasteiger partial charge in [-0.15, -0.1) is 0 Å². The number of nitrogens with one attached hydrogen (secondary N) is 1. The molecule has 0 aliphatic heterocycles. The van der Waals surface area contributed by atoms with Crippen molar-refractivity contribution in [2.45, 2.75) is 92.0 Å². The van der Waals surface area contributed by atoms with E-state index in [4.69, 9.17) is 5.84 Å². The summed E-state index contributed by atoms with van der Waals surface area (Å²) in [6.07, 6.45) is 10.7. The second-order valence-corrected chi connectivity index (χ2v) is 7.57. The molecule has 6 heteroatoms. The van der Waals surface area contributed by atoms with Gasteiger partial charge in [0.25, 0.3) is 0 Å². The molecule has 26 heavy (non-hydrogen) atoms. The molecule has 0 atom stereocenters. The summed E-state index contributed by atoms with van der Waals surface area (Å²) in [6.45, 7) is 17.1. The molecule has 4 nitrogen and oxygen atoms in total. The van der Waals surface area contributed by atoms with Gasteiger partial charge in [0, 0.05) is 19.9 Å². The van der Waals surface area contributed by atoms with Crippen molar-refractivity contribution >= 4 is 0 Å². The minimum absolute atomic E-state index is 0. The highest BCUT2D eigenvalue weighted by Gasteiger charge is 2.31. The molecule has 1 aliphatic carbocycles. The fraction of sp³-hybridized carbons (Fsp3) is 1.00. The van der Waals surface area contributed by atoms with Gasteiger partial charge in [-0.2, -0.15) is 11.3 Å². The van der Waals surface area contributed by atoms with Gasteiger partial charge in [0.2, 0.25) is 0 Å². The maximum atomic E-state index is 6.31. The van der Waals surface area contributed by atoms with Gasteiger partial charge < -0.3 is 24.8 Å². The zero-order valence-corrected chi connectivity index (χ0v) is 20.0. The molecule has 0 saturated heterocycles. The highest BCUT2D eigenvalue weighted by atomic mass is 35.5. The number of rotatable bonds is 10. The van der Waals surface area contributed by atoms with Gasteiger partial charge in [0.05, 0.1) is 32.7 Å². The van der Waals surface area contributed by atoms with Crippen LogP contribution in [-0.4, -0.2) is 55.0 Å². The van der Waals surface area contributed by atoms with E-state index in [0.717, 1.165) is 28.3 Å². The minimum atomic E-state index is 0.